The lowest BCUT2D eigenvalue weighted by Crippen LogP contribution is -2.12. The highest BCUT2D eigenvalue weighted by Gasteiger charge is 2.12. The average Bonchev–Trinajstić information content (AvgIpc) is 2.70. The molecule has 0 saturated heterocycles. The van der Waals surface area contributed by atoms with Crippen LogP contribution in [0.25, 0.3) is 0 Å². The van der Waals surface area contributed by atoms with Gasteiger partial charge in [-0.25, -0.2) is 0 Å². The number of carbonyl (C=O) groups excluding carboxylic acids is 1. The highest BCUT2D eigenvalue weighted by atomic mass is 79.9. The fourth-order valence-electron chi connectivity index (χ4n) is 1.42. The van der Waals surface area contributed by atoms with Gasteiger partial charge in [0.1, 0.15) is 4.88 Å². The number of hydrogen-bond acceptors (Lipinski definition) is 3. The Labute approximate surface area is 112 Å². The molecular weight excluding hydrogens is 300 g/mol. The molecule has 3 N–H and O–H groups in total. The third-order valence-corrected chi connectivity index (χ3v) is 3.89. The Morgan fingerprint density at radius 1 is 1.41 bits per heavy atom. The van der Waals surface area contributed by atoms with Crippen molar-refractivity contribution in [1.82, 2.24) is 0 Å². The Bertz CT molecular complexity index is 565. The van der Waals surface area contributed by atoms with E-state index in [-0.39, 0.29) is 5.91 Å². The molecule has 3 nitrogen and oxygen atoms in total. The first-order valence-corrected chi connectivity index (χ1v) is 6.65. The number of aryl methyl sites for hydroxylation is 1. The predicted molar refractivity (Wildman–Crippen MR) is 75.6 cm³/mol. The topological polar surface area (TPSA) is 55.1 Å². The maximum atomic E-state index is 12.0. The molecule has 0 bridgehead atoms. The summed E-state index contributed by atoms with van der Waals surface area (Å²) in [5.41, 5.74) is 8.05. The number of carbonyl (C=O) groups is 1. The fraction of sp³-hybridized carbons (Fsp3) is 0.0833. The summed E-state index contributed by atoms with van der Waals surface area (Å²) in [5.74, 6) is -0.177. The number of halogens is 1. The van der Waals surface area contributed by atoms with Crippen LogP contribution in [0.15, 0.2) is 34.1 Å². The summed E-state index contributed by atoms with van der Waals surface area (Å²) in [6, 6.07) is 7.51. The van der Waals surface area contributed by atoms with Crippen molar-refractivity contribution in [3.8, 4) is 0 Å². The molecule has 1 aromatic heterocycles. The van der Waals surface area contributed by atoms with Crippen molar-refractivity contribution in [2.75, 3.05) is 11.1 Å². The molecular formula is C12H11BrN2OS. The molecule has 2 aromatic rings. The molecule has 0 radical (unpaired) electrons. The number of nitrogen functional groups attached to an aromatic ring is 1. The van der Waals surface area contributed by atoms with Crippen LogP contribution in [0.2, 0.25) is 0 Å². The normalized spacial score (nSPS) is 10.2. The van der Waals surface area contributed by atoms with Gasteiger partial charge in [-0.1, -0.05) is 6.07 Å². The summed E-state index contributed by atoms with van der Waals surface area (Å²) in [6.45, 7) is 1.97. The number of benzene rings is 1. The summed E-state index contributed by atoms with van der Waals surface area (Å²) in [4.78, 5) is 12.5. The average molecular weight is 311 g/mol. The molecule has 0 unspecified atom stereocenters. The largest absolute Gasteiger partial charge is 0.397 e. The van der Waals surface area contributed by atoms with Crippen LogP contribution in [0.5, 0.6) is 0 Å². The molecule has 0 atom stereocenters. The lowest BCUT2D eigenvalue weighted by molar-refractivity contribution is 0.103. The maximum Gasteiger partial charge on any atom is 0.267 e. The molecule has 1 amide bonds. The monoisotopic (exact) mass is 310 g/mol. The van der Waals surface area contributed by atoms with Gasteiger partial charge in [-0.2, -0.15) is 0 Å². The second-order valence-corrected chi connectivity index (χ2v) is 5.41. The molecule has 0 aliphatic carbocycles. The number of anilines is 2. The molecule has 0 saturated carbocycles. The Morgan fingerprint density at radius 3 is 2.82 bits per heavy atom. The van der Waals surface area contributed by atoms with Crippen molar-refractivity contribution >= 4 is 44.5 Å². The minimum absolute atomic E-state index is 0.177. The van der Waals surface area contributed by atoms with Crippen LogP contribution in [-0.2, 0) is 0 Å². The first kappa shape index (κ1) is 12.1. The van der Waals surface area contributed by atoms with Crippen LogP contribution in [0.3, 0.4) is 0 Å². The smallest absolute Gasteiger partial charge is 0.267 e. The van der Waals surface area contributed by atoms with Gasteiger partial charge in [-0.15, -0.1) is 11.3 Å². The maximum absolute atomic E-state index is 12.0. The minimum atomic E-state index is -0.177. The van der Waals surface area contributed by atoms with Gasteiger partial charge in [0.05, 0.1) is 11.4 Å². The molecule has 0 aliphatic rings. The number of amides is 1. The number of rotatable bonds is 2. The van der Waals surface area contributed by atoms with Crippen molar-refractivity contribution in [1.29, 1.82) is 0 Å². The van der Waals surface area contributed by atoms with E-state index in [2.05, 4.69) is 21.2 Å². The van der Waals surface area contributed by atoms with E-state index >= 15 is 0 Å². The molecule has 0 fully saturated rings. The van der Waals surface area contributed by atoms with E-state index in [4.69, 9.17) is 5.73 Å². The van der Waals surface area contributed by atoms with E-state index in [0.29, 0.717) is 10.6 Å². The third-order valence-electron chi connectivity index (χ3n) is 2.27. The van der Waals surface area contributed by atoms with Crippen molar-refractivity contribution in [2.45, 2.75) is 6.92 Å². The SMILES string of the molecule is Cc1ccc(Br)c(NC(=O)c2sccc2N)c1. The van der Waals surface area contributed by atoms with Gasteiger partial charge in [0.2, 0.25) is 0 Å². The van der Waals surface area contributed by atoms with Gasteiger partial charge in [-0.3, -0.25) is 4.79 Å². The molecule has 0 aliphatic heterocycles. The zero-order valence-corrected chi connectivity index (χ0v) is 11.6. The van der Waals surface area contributed by atoms with Crippen molar-refractivity contribution in [2.24, 2.45) is 0 Å². The zero-order valence-electron chi connectivity index (χ0n) is 9.16. The summed E-state index contributed by atoms with van der Waals surface area (Å²) in [6.07, 6.45) is 0. The van der Waals surface area contributed by atoms with Gasteiger partial charge in [0.15, 0.2) is 0 Å². The van der Waals surface area contributed by atoms with E-state index in [0.717, 1.165) is 15.7 Å². The Morgan fingerprint density at radius 2 is 2.18 bits per heavy atom. The Balaban J connectivity index is 2.24. The standard InChI is InChI=1S/C12H11BrN2OS/c1-7-2-3-8(13)10(6-7)15-12(16)11-9(14)4-5-17-11/h2-6H,14H2,1H3,(H,15,16). The van der Waals surface area contributed by atoms with Crippen LogP contribution in [0.1, 0.15) is 15.2 Å². The lowest BCUT2D eigenvalue weighted by atomic mass is 10.2. The second-order valence-electron chi connectivity index (χ2n) is 3.64. The van der Waals surface area contributed by atoms with Crippen LogP contribution < -0.4 is 11.1 Å². The number of nitrogens with two attached hydrogens (primary N) is 1. The summed E-state index contributed by atoms with van der Waals surface area (Å²) >= 11 is 4.73. The molecule has 5 heteroatoms. The van der Waals surface area contributed by atoms with E-state index in [1.54, 1.807) is 11.4 Å². The molecule has 2 rings (SSSR count). The zero-order chi connectivity index (χ0) is 12.4. The molecule has 1 heterocycles. The quantitative estimate of drug-likeness (QED) is 0.889. The van der Waals surface area contributed by atoms with Gasteiger partial charge in [0, 0.05) is 4.47 Å². The highest BCUT2D eigenvalue weighted by molar-refractivity contribution is 9.10. The van der Waals surface area contributed by atoms with E-state index in [9.17, 15) is 4.79 Å². The molecule has 17 heavy (non-hydrogen) atoms. The predicted octanol–water partition coefficient (Wildman–Crippen LogP) is 3.65. The van der Waals surface area contributed by atoms with E-state index in [1.165, 1.54) is 11.3 Å². The molecule has 1 aromatic carbocycles. The first-order chi connectivity index (χ1) is 8.08. The number of hydrogen-bond donors (Lipinski definition) is 2. The minimum Gasteiger partial charge on any atom is -0.397 e. The van der Waals surface area contributed by atoms with E-state index < -0.39 is 0 Å². The first-order valence-electron chi connectivity index (χ1n) is 4.98. The van der Waals surface area contributed by atoms with Gasteiger partial charge in [-0.05, 0) is 52.0 Å². The van der Waals surface area contributed by atoms with Gasteiger partial charge in [0.25, 0.3) is 5.91 Å². The Hall–Kier alpha value is -1.33. The fourth-order valence-corrected chi connectivity index (χ4v) is 2.48. The van der Waals surface area contributed by atoms with Crippen molar-refractivity contribution in [3.63, 3.8) is 0 Å². The third kappa shape index (κ3) is 2.68. The van der Waals surface area contributed by atoms with Crippen molar-refractivity contribution in [3.05, 3.63) is 44.6 Å². The molecule has 88 valence electrons. The summed E-state index contributed by atoms with van der Waals surface area (Å²) < 4.78 is 0.853. The Kier molecular flexibility index (Phi) is 3.49. The molecule has 0 spiro atoms. The summed E-state index contributed by atoms with van der Waals surface area (Å²) in [7, 11) is 0. The van der Waals surface area contributed by atoms with Crippen LogP contribution >= 0.6 is 27.3 Å². The van der Waals surface area contributed by atoms with Gasteiger partial charge < -0.3 is 11.1 Å². The van der Waals surface area contributed by atoms with Crippen LogP contribution in [0.4, 0.5) is 11.4 Å². The second kappa shape index (κ2) is 4.89. The number of nitrogens with one attached hydrogen (secondary N) is 1. The summed E-state index contributed by atoms with van der Waals surface area (Å²) in [5, 5.41) is 4.64. The van der Waals surface area contributed by atoms with Crippen LogP contribution in [0, 0.1) is 6.92 Å². The lowest BCUT2D eigenvalue weighted by Gasteiger charge is -2.07. The van der Waals surface area contributed by atoms with E-state index in [1.807, 2.05) is 25.1 Å². The highest BCUT2D eigenvalue weighted by Crippen LogP contribution is 2.26. The van der Waals surface area contributed by atoms with Gasteiger partial charge >= 0.3 is 0 Å². The number of thiophene rings is 1. The van der Waals surface area contributed by atoms with Crippen molar-refractivity contribution < 1.29 is 4.79 Å². The van der Waals surface area contributed by atoms with Crippen LogP contribution in [-0.4, -0.2) is 5.91 Å².